The van der Waals surface area contributed by atoms with Gasteiger partial charge in [-0.15, -0.1) is 0 Å². The molecule has 0 spiro atoms. The van der Waals surface area contributed by atoms with Crippen LogP contribution >= 0.6 is 0 Å². The molecule has 7 atom stereocenters. The van der Waals surface area contributed by atoms with Crippen molar-refractivity contribution < 1.29 is 24.9 Å². The largest absolute Gasteiger partial charge is 0.393 e. The smallest absolute Gasteiger partial charge is 0.190 e. The molecule has 5 nitrogen and oxygen atoms in total. The molecule has 5 heteroatoms. The summed E-state index contributed by atoms with van der Waals surface area (Å²) in [5.41, 5.74) is -1.54. The molecule has 0 heterocycles. The predicted molar refractivity (Wildman–Crippen MR) is 95.0 cm³/mol. The second-order valence-corrected chi connectivity index (χ2v) is 9.19. The van der Waals surface area contributed by atoms with Crippen LogP contribution in [0.5, 0.6) is 0 Å². The standard InChI is InChI=1S/C21H28O5/c1-19-7-5-13(23)9-12(19)3-4-14-15-6-8-21(26,17(25)11-22)20(15,2)10-16(24)18(14)19/h5,7,9,14-16,18,22,24,26H,3-4,6,8,10-11H2,1-2H3/t14-,15+,16-,18+,19-,20-,21-/m0/s1. The number of aliphatic hydroxyl groups is 3. The van der Waals surface area contributed by atoms with E-state index in [-0.39, 0.29) is 29.0 Å². The van der Waals surface area contributed by atoms with E-state index in [9.17, 15) is 24.9 Å². The molecule has 0 radical (unpaired) electrons. The summed E-state index contributed by atoms with van der Waals surface area (Å²) in [6, 6.07) is 0. The third-order valence-corrected chi connectivity index (χ3v) is 8.25. The van der Waals surface area contributed by atoms with Gasteiger partial charge in [0.1, 0.15) is 12.2 Å². The molecule has 4 rings (SSSR count). The summed E-state index contributed by atoms with van der Waals surface area (Å²) in [6.45, 7) is 3.34. The Balaban J connectivity index is 1.75. The molecule has 0 bridgehead atoms. The number of Topliss-reactive ketones (excluding diaryl/α,β-unsaturated/α-hetero) is 1. The van der Waals surface area contributed by atoms with Crippen LogP contribution in [0.3, 0.4) is 0 Å². The Bertz CT molecular complexity index is 724. The van der Waals surface area contributed by atoms with Gasteiger partial charge in [0.2, 0.25) is 0 Å². The summed E-state index contributed by atoms with van der Waals surface area (Å²) in [5.74, 6) is -0.227. The SMILES string of the molecule is C[C@]12C=CC(=O)C=C1CC[C@@H]1[C@@H]2[C@@H](O)C[C@@]2(C)[C@@H]1CC[C@]2(O)C(=O)CO. The van der Waals surface area contributed by atoms with E-state index >= 15 is 0 Å². The van der Waals surface area contributed by atoms with Crippen LogP contribution in [0.4, 0.5) is 0 Å². The van der Waals surface area contributed by atoms with Crippen molar-refractivity contribution in [2.24, 2.45) is 28.6 Å². The molecule has 26 heavy (non-hydrogen) atoms. The summed E-state index contributed by atoms with van der Waals surface area (Å²) >= 11 is 0. The minimum Gasteiger partial charge on any atom is -0.393 e. The number of hydrogen-bond acceptors (Lipinski definition) is 5. The maximum atomic E-state index is 12.4. The van der Waals surface area contributed by atoms with Crippen LogP contribution in [-0.2, 0) is 9.59 Å². The van der Waals surface area contributed by atoms with Gasteiger partial charge in [0.15, 0.2) is 11.6 Å². The maximum absolute atomic E-state index is 12.4. The molecule has 3 fully saturated rings. The molecule has 0 unspecified atom stereocenters. The topological polar surface area (TPSA) is 94.8 Å². The van der Waals surface area contributed by atoms with Gasteiger partial charge in [-0.3, -0.25) is 9.59 Å². The second-order valence-electron chi connectivity index (χ2n) is 9.19. The summed E-state index contributed by atoms with van der Waals surface area (Å²) in [4.78, 5) is 24.2. The summed E-state index contributed by atoms with van der Waals surface area (Å²) < 4.78 is 0. The fraction of sp³-hybridized carbons (Fsp3) is 0.714. The Morgan fingerprint density at radius 1 is 1.31 bits per heavy atom. The quantitative estimate of drug-likeness (QED) is 0.695. The van der Waals surface area contributed by atoms with Crippen molar-refractivity contribution >= 4 is 11.6 Å². The molecular weight excluding hydrogens is 332 g/mol. The molecule has 0 aromatic rings. The van der Waals surface area contributed by atoms with Gasteiger partial charge in [-0.25, -0.2) is 0 Å². The van der Waals surface area contributed by atoms with Crippen LogP contribution in [-0.4, -0.2) is 45.2 Å². The number of ketones is 2. The Labute approximate surface area is 153 Å². The predicted octanol–water partition coefficient (Wildman–Crippen LogP) is 1.56. The van der Waals surface area contributed by atoms with Crippen LogP contribution in [0.25, 0.3) is 0 Å². The Morgan fingerprint density at radius 2 is 2.04 bits per heavy atom. The monoisotopic (exact) mass is 360 g/mol. The zero-order chi connectivity index (χ0) is 18.9. The summed E-state index contributed by atoms with van der Waals surface area (Å²) in [7, 11) is 0. The normalized spacial score (nSPS) is 49.9. The van der Waals surface area contributed by atoms with E-state index in [0.717, 1.165) is 24.8 Å². The van der Waals surface area contributed by atoms with Crippen molar-refractivity contribution in [1.29, 1.82) is 0 Å². The lowest BCUT2D eigenvalue weighted by Gasteiger charge is -2.59. The van der Waals surface area contributed by atoms with Gasteiger partial charge < -0.3 is 15.3 Å². The minimum atomic E-state index is -1.56. The van der Waals surface area contributed by atoms with E-state index in [2.05, 4.69) is 6.92 Å². The summed E-state index contributed by atoms with van der Waals surface area (Å²) in [6.07, 6.45) is 7.68. The first-order valence-electron chi connectivity index (χ1n) is 9.66. The van der Waals surface area contributed by atoms with E-state index in [0.29, 0.717) is 12.8 Å². The van der Waals surface area contributed by atoms with Crippen LogP contribution < -0.4 is 0 Å². The highest BCUT2D eigenvalue weighted by Crippen LogP contribution is 2.67. The Kier molecular flexibility index (Phi) is 3.89. The number of carbonyl (C=O) groups is 2. The minimum absolute atomic E-state index is 0.00912. The highest BCUT2D eigenvalue weighted by Gasteiger charge is 2.67. The van der Waals surface area contributed by atoms with Crippen LogP contribution in [0.2, 0.25) is 0 Å². The zero-order valence-electron chi connectivity index (χ0n) is 15.4. The van der Waals surface area contributed by atoms with Crippen molar-refractivity contribution in [3.8, 4) is 0 Å². The molecule has 0 amide bonds. The van der Waals surface area contributed by atoms with Crippen molar-refractivity contribution in [2.45, 2.75) is 57.7 Å². The molecule has 3 N–H and O–H groups in total. The number of aliphatic hydroxyl groups excluding tert-OH is 2. The highest BCUT2D eigenvalue weighted by atomic mass is 16.3. The number of allylic oxidation sites excluding steroid dienone is 4. The van der Waals surface area contributed by atoms with Crippen molar-refractivity contribution in [3.63, 3.8) is 0 Å². The van der Waals surface area contributed by atoms with Crippen LogP contribution in [0, 0.1) is 28.6 Å². The maximum Gasteiger partial charge on any atom is 0.190 e. The lowest BCUT2D eigenvalue weighted by molar-refractivity contribution is -0.178. The number of carbonyl (C=O) groups excluding carboxylic acids is 2. The average molecular weight is 360 g/mol. The van der Waals surface area contributed by atoms with Crippen molar-refractivity contribution in [2.75, 3.05) is 6.61 Å². The third-order valence-electron chi connectivity index (χ3n) is 8.25. The van der Waals surface area contributed by atoms with Crippen molar-refractivity contribution in [1.82, 2.24) is 0 Å². The lowest BCUT2D eigenvalue weighted by atomic mass is 9.46. The lowest BCUT2D eigenvalue weighted by Crippen LogP contribution is -2.61. The van der Waals surface area contributed by atoms with Crippen LogP contribution in [0.1, 0.15) is 46.0 Å². The fourth-order valence-electron chi connectivity index (χ4n) is 6.92. The molecule has 0 aromatic heterocycles. The number of fused-ring (bicyclic) bond motifs is 5. The molecule has 0 aliphatic heterocycles. The molecule has 142 valence electrons. The molecule has 3 saturated carbocycles. The van der Waals surface area contributed by atoms with E-state index < -0.39 is 29.5 Å². The highest BCUT2D eigenvalue weighted by molar-refractivity contribution is 6.01. The number of hydrogen-bond donors (Lipinski definition) is 3. The van der Waals surface area contributed by atoms with Gasteiger partial charge in [-0.2, -0.15) is 0 Å². The number of rotatable bonds is 2. The molecule has 4 aliphatic rings. The molecule has 0 aromatic carbocycles. The van der Waals surface area contributed by atoms with Gasteiger partial charge in [-0.05, 0) is 56.1 Å². The van der Waals surface area contributed by atoms with Crippen LogP contribution in [0.15, 0.2) is 23.8 Å². The molecule has 0 saturated heterocycles. The van der Waals surface area contributed by atoms with Gasteiger partial charge in [0.05, 0.1) is 6.10 Å². The van der Waals surface area contributed by atoms with E-state index in [4.69, 9.17) is 0 Å². The first-order chi connectivity index (χ1) is 12.2. The van der Waals surface area contributed by atoms with E-state index in [1.54, 1.807) is 12.2 Å². The van der Waals surface area contributed by atoms with E-state index in [1.807, 2.05) is 13.0 Å². The Morgan fingerprint density at radius 3 is 2.73 bits per heavy atom. The molecular formula is C21H28O5. The first-order valence-corrected chi connectivity index (χ1v) is 9.66. The van der Waals surface area contributed by atoms with Gasteiger partial charge in [0.25, 0.3) is 0 Å². The van der Waals surface area contributed by atoms with E-state index in [1.165, 1.54) is 0 Å². The van der Waals surface area contributed by atoms with Gasteiger partial charge >= 0.3 is 0 Å². The van der Waals surface area contributed by atoms with Gasteiger partial charge in [0, 0.05) is 16.7 Å². The third kappa shape index (κ3) is 2.08. The zero-order valence-corrected chi connectivity index (χ0v) is 15.4. The second kappa shape index (κ2) is 5.60. The summed E-state index contributed by atoms with van der Waals surface area (Å²) in [5, 5.41) is 31.7. The first kappa shape index (κ1) is 18.1. The Hall–Kier alpha value is -1.30. The average Bonchev–Trinajstić information content (AvgIpc) is 2.86. The molecule has 4 aliphatic carbocycles. The fourth-order valence-corrected chi connectivity index (χ4v) is 6.92. The van der Waals surface area contributed by atoms with Crippen molar-refractivity contribution in [3.05, 3.63) is 23.8 Å². The van der Waals surface area contributed by atoms with Gasteiger partial charge in [-0.1, -0.05) is 25.5 Å².